The summed E-state index contributed by atoms with van der Waals surface area (Å²) >= 11 is 1.32. The van der Waals surface area contributed by atoms with Crippen molar-refractivity contribution in [2.24, 2.45) is 5.92 Å². The van der Waals surface area contributed by atoms with Crippen molar-refractivity contribution in [3.63, 3.8) is 0 Å². The lowest BCUT2D eigenvalue weighted by molar-refractivity contribution is -0.118. The van der Waals surface area contributed by atoms with Crippen LogP contribution in [-0.2, 0) is 4.79 Å². The number of thiazole rings is 1. The molecule has 8 heteroatoms. The van der Waals surface area contributed by atoms with Crippen LogP contribution in [0.3, 0.4) is 0 Å². The van der Waals surface area contributed by atoms with Crippen molar-refractivity contribution in [2.45, 2.75) is 38.6 Å². The number of nitrogens with one attached hydrogen (secondary N) is 2. The molecule has 1 saturated carbocycles. The van der Waals surface area contributed by atoms with Gasteiger partial charge in [0.2, 0.25) is 5.91 Å². The van der Waals surface area contributed by atoms with E-state index in [0.29, 0.717) is 11.0 Å². The Bertz CT molecular complexity index is 813. The van der Waals surface area contributed by atoms with E-state index in [0.717, 1.165) is 30.7 Å². The van der Waals surface area contributed by atoms with E-state index in [-0.39, 0.29) is 5.92 Å². The lowest BCUT2D eigenvalue weighted by Gasteiger charge is -2.21. The molecule has 1 aromatic carbocycles. The molecule has 1 aliphatic carbocycles. The van der Waals surface area contributed by atoms with Crippen molar-refractivity contribution in [1.29, 1.82) is 0 Å². The summed E-state index contributed by atoms with van der Waals surface area (Å²) in [6, 6.07) is 2.22. The van der Waals surface area contributed by atoms with Crippen molar-refractivity contribution in [2.75, 3.05) is 5.32 Å². The first-order chi connectivity index (χ1) is 12.4. The number of halogens is 2. The maximum atomic E-state index is 13.8. The second kappa shape index (κ2) is 7.49. The van der Waals surface area contributed by atoms with Crippen molar-refractivity contribution >= 4 is 28.3 Å². The Hall–Kier alpha value is -2.35. The van der Waals surface area contributed by atoms with E-state index in [1.807, 2.05) is 5.38 Å². The van der Waals surface area contributed by atoms with E-state index in [2.05, 4.69) is 15.6 Å². The molecule has 1 fully saturated rings. The van der Waals surface area contributed by atoms with Crippen LogP contribution in [0.15, 0.2) is 23.6 Å². The Morgan fingerprint density at radius 1 is 1.23 bits per heavy atom. The third-order valence-corrected chi connectivity index (χ3v) is 4.95. The topological polar surface area (TPSA) is 71.1 Å². The number of carbonyl (C=O) groups excluding carboxylic acids is 2. The molecule has 138 valence electrons. The summed E-state index contributed by atoms with van der Waals surface area (Å²) in [5.41, 5.74) is 0.264. The highest BCUT2D eigenvalue weighted by atomic mass is 32.1. The molecule has 1 unspecified atom stereocenters. The highest BCUT2D eigenvalue weighted by Gasteiger charge is 2.29. The second-order valence-electron chi connectivity index (χ2n) is 6.63. The molecule has 2 aromatic rings. The zero-order chi connectivity index (χ0) is 18.8. The molecular weight excluding hydrogens is 360 g/mol. The Morgan fingerprint density at radius 3 is 2.46 bits per heavy atom. The number of benzene rings is 1. The van der Waals surface area contributed by atoms with Gasteiger partial charge in [0, 0.05) is 11.3 Å². The van der Waals surface area contributed by atoms with Gasteiger partial charge in [-0.2, -0.15) is 0 Å². The maximum Gasteiger partial charge on any atom is 0.257 e. The number of carbonyl (C=O) groups is 2. The lowest BCUT2D eigenvalue weighted by Crippen LogP contribution is -2.47. The van der Waals surface area contributed by atoms with Gasteiger partial charge in [0.15, 0.2) is 5.13 Å². The van der Waals surface area contributed by atoms with Crippen LogP contribution >= 0.6 is 11.3 Å². The minimum atomic E-state index is -0.973. The van der Waals surface area contributed by atoms with E-state index in [4.69, 9.17) is 0 Å². The van der Waals surface area contributed by atoms with Crippen molar-refractivity contribution in [1.82, 2.24) is 10.3 Å². The van der Waals surface area contributed by atoms with Crippen LogP contribution in [0.2, 0.25) is 0 Å². The number of aromatic nitrogens is 1. The second-order valence-corrected chi connectivity index (χ2v) is 7.49. The molecule has 5 nitrogen and oxygen atoms in total. The molecule has 26 heavy (non-hydrogen) atoms. The summed E-state index contributed by atoms with van der Waals surface area (Å²) in [7, 11) is 0. The van der Waals surface area contributed by atoms with Gasteiger partial charge in [0.1, 0.15) is 23.2 Å². The highest BCUT2D eigenvalue weighted by molar-refractivity contribution is 7.13. The monoisotopic (exact) mass is 379 g/mol. The van der Waals surface area contributed by atoms with Gasteiger partial charge in [-0.1, -0.05) is 19.9 Å². The van der Waals surface area contributed by atoms with Crippen LogP contribution in [0.1, 0.15) is 48.7 Å². The normalized spacial score (nSPS) is 15.0. The molecule has 1 atom stereocenters. The zero-order valence-corrected chi connectivity index (χ0v) is 15.2. The fourth-order valence-electron chi connectivity index (χ4n) is 2.56. The molecule has 0 aliphatic heterocycles. The first-order valence-electron chi connectivity index (χ1n) is 8.38. The smallest absolute Gasteiger partial charge is 0.257 e. The van der Waals surface area contributed by atoms with Gasteiger partial charge in [0.25, 0.3) is 5.91 Å². The standard InChI is InChI=1S/C18H19F2N3O2S/c1-9(2)15(22-16(24)14-11(19)4-3-5-12(14)20)17(25)23-18-21-13(8-26-18)10-6-7-10/h3-5,8-10,15H,6-7H2,1-2H3,(H,22,24)(H,21,23,25). The predicted molar refractivity (Wildman–Crippen MR) is 95.2 cm³/mol. The molecule has 1 heterocycles. The Morgan fingerprint density at radius 2 is 1.88 bits per heavy atom. The number of hydrogen-bond donors (Lipinski definition) is 2. The van der Waals surface area contributed by atoms with Gasteiger partial charge in [-0.05, 0) is 30.9 Å². The molecule has 0 radical (unpaired) electrons. The molecule has 1 aliphatic rings. The number of nitrogens with zero attached hydrogens (tertiary/aromatic N) is 1. The van der Waals surface area contributed by atoms with Gasteiger partial charge in [-0.25, -0.2) is 13.8 Å². The van der Waals surface area contributed by atoms with Gasteiger partial charge in [-0.3, -0.25) is 9.59 Å². The third kappa shape index (κ3) is 4.07. The molecular formula is C18H19F2N3O2S. The number of hydrogen-bond acceptors (Lipinski definition) is 4. The van der Waals surface area contributed by atoms with Crippen LogP contribution < -0.4 is 10.6 Å². The predicted octanol–water partition coefficient (Wildman–Crippen LogP) is 3.69. The van der Waals surface area contributed by atoms with Crippen molar-refractivity contribution in [3.05, 3.63) is 46.5 Å². The van der Waals surface area contributed by atoms with Crippen LogP contribution in [0.5, 0.6) is 0 Å². The first-order valence-corrected chi connectivity index (χ1v) is 9.26. The number of rotatable bonds is 6. The zero-order valence-electron chi connectivity index (χ0n) is 14.4. The van der Waals surface area contributed by atoms with E-state index in [1.54, 1.807) is 13.8 Å². The molecule has 0 bridgehead atoms. The van der Waals surface area contributed by atoms with Crippen LogP contribution in [0.4, 0.5) is 13.9 Å². The number of anilines is 1. The summed E-state index contributed by atoms with van der Waals surface area (Å²) in [5.74, 6) is -3.19. The molecule has 3 rings (SSSR count). The Balaban J connectivity index is 1.71. The van der Waals surface area contributed by atoms with Crippen LogP contribution in [-0.4, -0.2) is 22.8 Å². The molecule has 0 saturated heterocycles. The first kappa shape index (κ1) is 18.4. The highest BCUT2D eigenvalue weighted by Crippen LogP contribution is 2.40. The lowest BCUT2D eigenvalue weighted by atomic mass is 10.0. The quantitative estimate of drug-likeness (QED) is 0.804. The molecule has 0 spiro atoms. The van der Waals surface area contributed by atoms with Crippen molar-refractivity contribution < 1.29 is 18.4 Å². The van der Waals surface area contributed by atoms with Gasteiger partial charge < -0.3 is 10.6 Å². The number of amides is 2. The van der Waals surface area contributed by atoms with E-state index >= 15 is 0 Å². The Kier molecular flexibility index (Phi) is 5.31. The molecule has 2 N–H and O–H groups in total. The minimum Gasteiger partial charge on any atom is -0.340 e. The fraction of sp³-hybridized carbons (Fsp3) is 0.389. The van der Waals surface area contributed by atoms with E-state index < -0.39 is 35.1 Å². The fourth-order valence-corrected chi connectivity index (χ4v) is 3.35. The summed E-state index contributed by atoms with van der Waals surface area (Å²) in [5, 5.41) is 7.46. The summed E-state index contributed by atoms with van der Waals surface area (Å²) in [4.78, 5) is 29.2. The maximum absolute atomic E-state index is 13.8. The minimum absolute atomic E-state index is 0.281. The molecule has 2 amide bonds. The van der Waals surface area contributed by atoms with Gasteiger partial charge in [0.05, 0.1) is 5.69 Å². The summed E-state index contributed by atoms with van der Waals surface area (Å²) in [6.45, 7) is 3.47. The van der Waals surface area contributed by atoms with E-state index in [9.17, 15) is 18.4 Å². The van der Waals surface area contributed by atoms with E-state index in [1.165, 1.54) is 17.4 Å². The van der Waals surface area contributed by atoms with Crippen molar-refractivity contribution in [3.8, 4) is 0 Å². The van der Waals surface area contributed by atoms with Gasteiger partial charge in [-0.15, -0.1) is 11.3 Å². The van der Waals surface area contributed by atoms with Gasteiger partial charge >= 0.3 is 0 Å². The summed E-state index contributed by atoms with van der Waals surface area (Å²) < 4.78 is 27.5. The summed E-state index contributed by atoms with van der Waals surface area (Å²) in [6.07, 6.45) is 2.21. The third-order valence-electron chi connectivity index (χ3n) is 4.17. The average Bonchev–Trinajstić information content (AvgIpc) is 3.32. The average molecular weight is 379 g/mol. The molecule has 1 aromatic heterocycles. The largest absolute Gasteiger partial charge is 0.340 e. The van der Waals surface area contributed by atoms with Crippen LogP contribution in [0, 0.1) is 17.6 Å². The van der Waals surface area contributed by atoms with Crippen LogP contribution in [0.25, 0.3) is 0 Å². The Labute approximate surface area is 153 Å². The SMILES string of the molecule is CC(C)C(NC(=O)c1c(F)cccc1F)C(=O)Nc1nc(C2CC2)cs1.